The molecule has 0 N–H and O–H groups in total. The summed E-state index contributed by atoms with van der Waals surface area (Å²) in [5, 5.41) is 3.64. The molecule has 0 aliphatic rings. The van der Waals surface area contributed by atoms with Gasteiger partial charge in [-0.2, -0.15) is 0 Å². The van der Waals surface area contributed by atoms with Crippen LogP contribution in [0.1, 0.15) is 51.4 Å². The maximum absolute atomic E-state index is 4.76. The average molecular weight is 369 g/mol. The molecule has 0 unspecified atom stereocenters. The van der Waals surface area contributed by atoms with Gasteiger partial charge in [-0.05, 0) is 46.5 Å². The van der Waals surface area contributed by atoms with E-state index in [4.69, 9.17) is 9.97 Å². The van der Waals surface area contributed by atoms with Gasteiger partial charge < -0.3 is 0 Å². The van der Waals surface area contributed by atoms with Crippen molar-refractivity contribution in [2.75, 3.05) is 0 Å². The Hall–Kier alpha value is -2.74. The molecule has 2 nitrogen and oxygen atoms in total. The Morgan fingerprint density at radius 1 is 0.714 bits per heavy atom. The molecule has 2 heteroatoms. The molecular formula is C26H28N2. The zero-order valence-electron chi connectivity index (χ0n) is 17.5. The number of fused-ring (bicyclic) bond motifs is 2. The van der Waals surface area contributed by atoms with Gasteiger partial charge in [0.15, 0.2) is 0 Å². The highest BCUT2D eigenvalue weighted by Gasteiger charge is 2.23. The summed E-state index contributed by atoms with van der Waals surface area (Å²) >= 11 is 0. The van der Waals surface area contributed by atoms with Crippen molar-refractivity contribution in [3.05, 3.63) is 83.8 Å². The summed E-state index contributed by atoms with van der Waals surface area (Å²) in [7, 11) is 0. The summed E-state index contributed by atoms with van der Waals surface area (Å²) in [6.45, 7) is 11.2. The SMILES string of the molecule is CC(C)(C)c1cnc2cc(CC(C)(C)c3cc4ccccc4cn3)ccc2c1. The van der Waals surface area contributed by atoms with E-state index in [2.05, 4.69) is 89.2 Å². The summed E-state index contributed by atoms with van der Waals surface area (Å²) in [5.74, 6) is 0. The van der Waals surface area contributed by atoms with Crippen LogP contribution in [-0.2, 0) is 17.3 Å². The maximum atomic E-state index is 4.76. The van der Waals surface area contributed by atoms with Crippen molar-refractivity contribution >= 4 is 21.7 Å². The highest BCUT2D eigenvalue weighted by molar-refractivity contribution is 5.82. The number of rotatable bonds is 3. The molecule has 0 spiro atoms. The number of hydrogen-bond acceptors (Lipinski definition) is 2. The van der Waals surface area contributed by atoms with Gasteiger partial charge in [-0.3, -0.25) is 9.97 Å². The van der Waals surface area contributed by atoms with Crippen molar-refractivity contribution in [2.24, 2.45) is 0 Å². The molecule has 0 saturated heterocycles. The minimum absolute atomic E-state index is 0.0525. The lowest BCUT2D eigenvalue weighted by atomic mass is 9.81. The van der Waals surface area contributed by atoms with Crippen molar-refractivity contribution in [2.45, 2.75) is 51.9 Å². The highest BCUT2D eigenvalue weighted by Crippen LogP contribution is 2.30. The predicted molar refractivity (Wildman–Crippen MR) is 119 cm³/mol. The molecule has 0 radical (unpaired) electrons. The number of pyridine rings is 2. The van der Waals surface area contributed by atoms with E-state index >= 15 is 0 Å². The smallest absolute Gasteiger partial charge is 0.0704 e. The van der Waals surface area contributed by atoms with Gasteiger partial charge in [0.2, 0.25) is 0 Å². The number of aromatic nitrogens is 2. The van der Waals surface area contributed by atoms with Gasteiger partial charge >= 0.3 is 0 Å². The number of hydrogen-bond donors (Lipinski definition) is 0. The van der Waals surface area contributed by atoms with Crippen LogP contribution in [0.3, 0.4) is 0 Å². The molecule has 0 saturated carbocycles. The van der Waals surface area contributed by atoms with E-state index in [1.807, 2.05) is 12.4 Å². The average Bonchev–Trinajstić information content (AvgIpc) is 2.66. The predicted octanol–water partition coefficient (Wildman–Crippen LogP) is 6.60. The molecule has 2 aromatic heterocycles. The quantitative estimate of drug-likeness (QED) is 0.407. The van der Waals surface area contributed by atoms with Crippen LogP contribution in [0.4, 0.5) is 0 Å². The largest absolute Gasteiger partial charge is 0.260 e. The molecule has 0 bridgehead atoms. The van der Waals surface area contributed by atoms with Crippen molar-refractivity contribution in [3.8, 4) is 0 Å². The van der Waals surface area contributed by atoms with Gasteiger partial charge in [0.1, 0.15) is 0 Å². The lowest BCUT2D eigenvalue weighted by Crippen LogP contribution is -2.22. The van der Waals surface area contributed by atoms with E-state index in [1.165, 1.54) is 27.3 Å². The van der Waals surface area contributed by atoms with Crippen LogP contribution in [0.5, 0.6) is 0 Å². The highest BCUT2D eigenvalue weighted by atomic mass is 14.7. The Morgan fingerprint density at radius 2 is 1.46 bits per heavy atom. The van der Waals surface area contributed by atoms with Crippen LogP contribution in [-0.4, -0.2) is 9.97 Å². The van der Waals surface area contributed by atoms with E-state index in [0.29, 0.717) is 0 Å². The summed E-state index contributed by atoms with van der Waals surface area (Å²) < 4.78 is 0. The van der Waals surface area contributed by atoms with Crippen LogP contribution in [0.15, 0.2) is 67.0 Å². The Bertz CT molecular complexity index is 1150. The number of benzene rings is 2. The van der Waals surface area contributed by atoms with Crippen LogP contribution < -0.4 is 0 Å². The van der Waals surface area contributed by atoms with Gasteiger partial charge in [-0.15, -0.1) is 0 Å². The lowest BCUT2D eigenvalue weighted by Gasteiger charge is -2.25. The van der Waals surface area contributed by atoms with E-state index in [1.54, 1.807) is 0 Å². The van der Waals surface area contributed by atoms with Gasteiger partial charge in [0, 0.05) is 34.3 Å². The van der Waals surface area contributed by atoms with Crippen LogP contribution in [0, 0.1) is 0 Å². The minimum Gasteiger partial charge on any atom is -0.260 e. The first-order valence-electron chi connectivity index (χ1n) is 9.97. The molecule has 0 amide bonds. The first kappa shape index (κ1) is 18.6. The molecule has 0 aliphatic heterocycles. The molecule has 142 valence electrons. The first-order valence-corrected chi connectivity index (χ1v) is 9.97. The molecule has 0 atom stereocenters. The monoisotopic (exact) mass is 368 g/mol. The van der Waals surface area contributed by atoms with Crippen molar-refractivity contribution in [1.82, 2.24) is 9.97 Å². The summed E-state index contributed by atoms with van der Waals surface area (Å²) in [5.41, 5.74) is 4.82. The zero-order chi connectivity index (χ0) is 19.9. The second-order valence-electron chi connectivity index (χ2n) is 9.48. The van der Waals surface area contributed by atoms with Crippen molar-refractivity contribution < 1.29 is 0 Å². The Morgan fingerprint density at radius 3 is 2.21 bits per heavy atom. The van der Waals surface area contributed by atoms with E-state index in [0.717, 1.165) is 17.6 Å². The molecule has 0 aliphatic carbocycles. The van der Waals surface area contributed by atoms with Gasteiger partial charge in [-0.1, -0.05) is 71.0 Å². The maximum Gasteiger partial charge on any atom is 0.0704 e. The van der Waals surface area contributed by atoms with Crippen LogP contribution >= 0.6 is 0 Å². The van der Waals surface area contributed by atoms with Crippen molar-refractivity contribution in [1.29, 1.82) is 0 Å². The van der Waals surface area contributed by atoms with Gasteiger partial charge in [0.25, 0.3) is 0 Å². The summed E-state index contributed by atoms with van der Waals surface area (Å²) in [6, 6.07) is 19.6. The minimum atomic E-state index is -0.0525. The fourth-order valence-electron chi connectivity index (χ4n) is 3.74. The molecule has 0 fully saturated rings. The lowest BCUT2D eigenvalue weighted by molar-refractivity contribution is 0.506. The standard InChI is InChI=1S/C26H28N2/c1-25(2,3)22-13-20-11-10-18(12-23(20)27-17-22)15-26(4,5)24-14-19-8-6-7-9-21(19)16-28-24/h6-14,16-17H,15H2,1-5H3. The molecule has 2 heterocycles. The normalized spacial score (nSPS) is 12.6. The molecule has 4 rings (SSSR count). The molecule has 4 aromatic rings. The van der Waals surface area contributed by atoms with Crippen molar-refractivity contribution in [3.63, 3.8) is 0 Å². The van der Waals surface area contributed by atoms with Crippen LogP contribution in [0.25, 0.3) is 21.7 Å². The first-order chi connectivity index (χ1) is 13.2. The summed E-state index contributed by atoms with van der Waals surface area (Å²) in [4.78, 5) is 9.50. The van der Waals surface area contributed by atoms with E-state index < -0.39 is 0 Å². The second-order valence-corrected chi connectivity index (χ2v) is 9.48. The third-order valence-corrected chi connectivity index (χ3v) is 5.59. The third kappa shape index (κ3) is 3.64. The van der Waals surface area contributed by atoms with E-state index in [9.17, 15) is 0 Å². The Labute approximate surface area is 167 Å². The van der Waals surface area contributed by atoms with Gasteiger partial charge in [-0.25, -0.2) is 0 Å². The fraction of sp³-hybridized carbons (Fsp3) is 0.308. The fourth-order valence-corrected chi connectivity index (χ4v) is 3.74. The zero-order valence-corrected chi connectivity index (χ0v) is 17.5. The topological polar surface area (TPSA) is 25.8 Å². The second kappa shape index (κ2) is 6.70. The molecule has 28 heavy (non-hydrogen) atoms. The van der Waals surface area contributed by atoms with E-state index in [-0.39, 0.29) is 10.8 Å². The number of nitrogens with zero attached hydrogens (tertiary/aromatic N) is 2. The third-order valence-electron chi connectivity index (χ3n) is 5.59. The Kier molecular flexibility index (Phi) is 4.45. The molecule has 2 aromatic carbocycles. The van der Waals surface area contributed by atoms with Crippen LogP contribution in [0.2, 0.25) is 0 Å². The Balaban J connectivity index is 1.65. The molecular weight excluding hydrogens is 340 g/mol. The summed E-state index contributed by atoms with van der Waals surface area (Å²) in [6.07, 6.45) is 4.93. The van der Waals surface area contributed by atoms with Gasteiger partial charge in [0.05, 0.1) is 5.52 Å².